The molecular weight excluding hydrogens is 206 g/mol. The Labute approximate surface area is 84.8 Å². The van der Waals surface area contributed by atoms with Gasteiger partial charge in [0.05, 0.1) is 0 Å². The van der Waals surface area contributed by atoms with E-state index in [4.69, 9.17) is 23.4 Å². The summed E-state index contributed by atoms with van der Waals surface area (Å²) in [6.07, 6.45) is -0.952. The van der Waals surface area contributed by atoms with E-state index in [-0.39, 0.29) is 0 Å². The Morgan fingerprint density at radius 1 is 1.07 bits per heavy atom. The summed E-state index contributed by atoms with van der Waals surface area (Å²) in [5.74, 6) is 0. The molecule has 0 spiro atoms. The standard InChI is InChI=1S/C7H17NO5Si/c1-4-10-14(11-5-2,12-6-3)13-7(8)9/h4-6H2,1-3H3,(H2,8,9). The molecule has 0 aromatic carbocycles. The first kappa shape index (κ1) is 13.4. The maximum absolute atomic E-state index is 10.6. The van der Waals surface area contributed by atoms with Gasteiger partial charge in [0.1, 0.15) is 0 Å². The molecule has 0 aromatic rings. The zero-order valence-corrected chi connectivity index (χ0v) is 9.74. The fraction of sp³-hybridized carbons (Fsp3) is 0.857. The van der Waals surface area contributed by atoms with Crippen LogP contribution in [0, 0.1) is 0 Å². The van der Waals surface area contributed by atoms with E-state index in [0.29, 0.717) is 19.8 Å². The number of nitrogens with two attached hydrogens (primary N) is 1. The van der Waals surface area contributed by atoms with Gasteiger partial charge in [-0.25, -0.2) is 4.79 Å². The molecule has 0 rings (SSSR count). The van der Waals surface area contributed by atoms with E-state index >= 15 is 0 Å². The zero-order chi connectivity index (χ0) is 11.0. The maximum Gasteiger partial charge on any atom is 0.752 e. The molecular formula is C7H17NO5Si. The summed E-state index contributed by atoms with van der Waals surface area (Å²) in [7, 11) is -3.33. The molecule has 0 fully saturated rings. The van der Waals surface area contributed by atoms with Crippen molar-refractivity contribution in [3.63, 3.8) is 0 Å². The Balaban J connectivity index is 4.45. The second-order valence-electron chi connectivity index (χ2n) is 2.22. The average Bonchev–Trinajstić information content (AvgIpc) is 2.03. The van der Waals surface area contributed by atoms with Gasteiger partial charge in [-0.05, 0) is 20.8 Å². The van der Waals surface area contributed by atoms with Gasteiger partial charge in [0, 0.05) is 19.8 Å². The number of carbonyl (C=O) groups is 1. The molecule has 0 aromatic heterocycles. The summed E-state index contributed by atoms with van der Waals surface area (Å²) in [5.41, 5.74) is 4.90. The fourth-order valence-corrected chi connectivity index (χ4v) is 2.60. The van der Waals surface area contributed by atoms with E-state index in [0.717, 1.165) is 0 Å². The van der Waals surface area contributed by atoms with Crippen molar-refractivity contribution in [3.05, 3.63) is 0 Å². The van der Waals surface area contributed by atoms with Crippen molar-refractivity contribution in [2.45, 2.75) is 20.8 Å². The van der Waals surface area contributed by atoms with Gasteiger partial charge in [-0.2, -0.15) is 0 Å². The van der Waals surface area contributed by atoms with Crippen molar-refractivity contribution >= 4 is 15.1 Å². The van der Waals surface area contributed by atoms with Crippen LogP contribution in [0.1, 0.15) is 20.8 Å². The van der Waals surface area contributed by atoms with E-state index in [1.165, 1.54) is 0 Å². The topological polar surface area (TPSA) is 80.0 Å². The molecule has 0 saturated carbocycles. The third-order valence-corrected chi connectivity index (χ3v) is 3.57. The molecule has 0 atom stereocenters. The first-order chi connectivity index (χ1) is 6.60. The number of amides is 1. The minimum Gasteiger partial charge on any atom is -0.435 e. The normalized spacial score (nSPS) is 11.4. The highest BCUT2D eigenvalue weighted by Crippen LogP contribution is 2.11. The molecule has 0 heterocycles. The first-order valence-electron chi connectivity index (χ1n) is 4.50. The molecule has 0 unspecified atom stereocenters. The molecule has 0 saturated heterocycles. The highest BCUT2D eigenvalue weighted by Gasteiger charge is 2.48. The summed E-state index contributed by atoms with van der Waals surface area (Å²) in [6.45, 7) is 6.26. The smallest absolute Gasteiger partial charge is 0.435 e. The van der Waals surface area contributed by atoms with Crippen LogP contribution in [0.3, 0.4) is 0 Å². The zero-order valence-electron chi connectivity index (χ0n) is 8.74. The van der Waals surface area contributed by atoms with Gasteiger partial charge in [-0.15, -0.1) is 0 Å². The monoisotopic (exact) mass is 223 g/mol. The molecule has 1 amide bonds. The van der Waals surface area contributed by atoms with Gasteiger partial charge in [0.2, 0.25) is 0 Å². The van der Waals surface area contributed by atoms with Gasteiger partial charge >= 0.3 is 15.1 Å². The highest BCUT2D eigenvalue weighted by atomic mass is 28.4. The summed E-state index contributed by atoms with van der Waals surface area (Å²) in [4.78, 5) is 10.6. The predicted molar refractivity (Wildman–Crippen MR) is 51.3 cm³/mol. The number of hydrogen-bond donors (Lipinski definition) is 1. The van der Waals surface area contributed by atoms with Gasteiger partial charge in [-0.3, -0.25) is 0 Å². The number of carbonyl (C=O) groups excluding carboxylic acids is 1. The lowest BCUT2D eigenvalue weighted by molar-refractivity contribution is -0.00411. The van der Waals surface area contributed by atoms with Crippen LogP contribution in [0.4, 0.5) is 4.79 Å². The van der Waals surface area contributed by atoms with Crippen LogP contribution in [0.25, 0.3) is 0 Å². The van der Waals surface area contributed by atoms with Crippen LogP contribution >= 0.6 is 0 Å². The maximum atomic E-state index is 10.6. The van der Waals surface area contributed by atoms with Gasteiger partial charge in [-0.1, -0.05) is 0 Å². The van der Waals surface area contributed by atoms with Gasteiger partial charge in [0.25, 0.3) is 0 Å². The molecule has 0 aliphatic heterocycles. The van der Waals surface area contributed by atoms with Gasteiger partial charge in [0.15, 0.2) is 0 Å². The van der Waals surface area contributed by atoms with Crippen LogP contribution in [-0.2, 0) is 17.7 Å². The Bertz CT molecular complexity index is 160. The van der Waals surface area contributed by atoms with Crippen molar-refractivity contribution in [2.75, 3.05) is 19.8 Å². The van der Waals surface area contributed by atoms with Crippen molar-refractivity contribution < 1.29 is 22.5 Å². The first-order valence-corrected chi connectivity index (χ1v) is 6.13. The summed E-state index contributed by atoms with van der Waals surface area (Å²) in [6, 6.07) is 0. The van der Waals surface area contributed by atoms with Crippen molar-refractivity contribution in [1.82, 2.24) is 0 Å². The molecule has 0 aliphatic rings. The summed E-state index contributed by atoms with van der Waals surface area (Å²) >= 11 is 0. The van der Waals surface area contributed by atoms with E-state index < -0.39 is 15.1 Å². The molecule has 6 nitrogen and oxygen atoms in total. The van der Waals surface area contributed by atoms with Gasteiger partial charge < -0.3 is 23.4 Å². The Kier molecular flexibility index (Phi) is 6.46. The van der Waals surface area contributed by atoms with Crippen LogP contribution in [0.5, 0.6) is 0 Å². The number of rotatable bonds is 7. The Morgan fingerprint density at radius 2 is 1.43 bits per heavy atom. The SMILES string of the molecule is CCO[Si](OCC)(OCC)OC(N)=O. The molecule has 14 heavy (non-hydrogen) atoms. The second kappa shape index (κ2) is 6.77. The Hall–Kier alpha value is -0.633. The van der Waals surface area contributed by atoms with E-state index in [1.54, 1.807) is 20.8 Å². The largest absolute Gasteiger partial charge is 0.752 e. The molecule has 84 valence electrons. The second-order valence-corrected chi connectivity index (χ2v) is 4.29. The fourth-order valence-electron chi connectivity index (χ4n) is 0.867. The molecule has 0 aliphatic carbocycles. The molecule has 0 bridgehead atoms. The third kappa shape index (κ3) is 4.56. The van der Waals surface area contributed by atoms with Crippen LogP contribution in [0.15, 0.2) is 0 Å². The molecule has 7 heteroatoms. The summed E-state index contributed by atoms with van der Waals surface area (Å²) in [5, 5.41) is 0. The van der Waals surface area contributed by atoms with E-state index in [1.807, 2.05) is 0 Å². The minimum absolute atomic E-state index is 0.333. The average molecular weight is 223 g/mol. The number of hydrogen-bond acceptors (Lipinski definition) is 5. The lowest BCUT2D eigenvalue weighted by atomic mass is 10.9. The summed E-state index contributed by atoms with van der Waals surface area (Å²) < 4.78 is 20.3. The van der Waals surface area contributed by atoms with Crippen LogP contribution in [-0.4, -0.2) is 35.0 Å². The Morgan fingerprint density at radius 3 is 1.64 bits per heavy atom. The lowest BCUT2D eigenvalue weighted by Crippen LogP contribution is -2.51. The quantitative estimate of drug-likeness (QED) is 0.640. The minimum atomic E-state index is -3.33. The third-order valence-electron chi connectivity index (χ3n) is 1.19. The molecule has 2 N–H and O–H groups in total. The lowest BCUT2D eigenvalue weighted by Gasteiger charge is -2.24. The van der Waals surface area contributed by atoms with E-state index in [9.17, 15) is 4.79 Å². The molecule has 0 radical (unpaired) electrons. The van der Waals surface area contributed by atoms with Crippen LogP contribution < -0.4 is 5.73 Å². The van der Waals surface area contributed by atoms with E-state index in [2.05, 4.69) is 0 Å². The van der Waals surface area contributed by atoms with Crippen LogP contribution in [0.2, 0.25) is 0 Å². The van der Waals surface area contributed by atoms with Crippen molar-refractivity contribution in [2.24, 2.45) is 5.73 Å². The highest BCUT2D eigenvalue weighted by molar-refractivity contribution is 6.55. The van der Waals surface area contributed by atoms with Crippen molar-refractivity contribution in [1.29, 1.82) is 0 Å². The predicted octanol–water partition coefficient (Wildman–Crippen LogP) is 0.627. The van der Waals surface area contributed by atoms with Crippen molar-refractivity contribution in [3.8, 4) is 0 Å². The number of primary amides is 1.